The van der Waals surface area contributed by atoms with Crippen molar-refractivity contribution in [3.63, 3.8) is 0 Å². The molecule has 0 atom stereocenters. The van der Waals surface area contributed by atoms with E-state index >= 15 is 0 Å². The van der Waals surface area contributed by atoms with Crippen LogP contribution in [-0.4, -0.2) is 12.5 Å². The second-order valence-corrected chi connectivity index (χ2v) is 4.93. The molecule has 3 nitrogen and oxygen atoms in total. The van der Waals surface area contributed by atoms with Gasteiger partial charge in [0.05, 0.1) is 5.69 Å². The lowest BCUT2D eigenvalue weighted by Crippen LogP contribution is -2.25. The summed E-state index contributed by atoms with van der Waals surface area (Å²) < 4.78 is 13.2. The van der Waals surface area contributed by atoms with Gasteiger partial charge in [0, 0.05) is 12.1 Å². The number of carbonyl (C=O) groups excluding carboxylic acids is 1. The van der Waals surface area contributed by atoms with Crippen LogP contribution in [0.3, 0.4) is 0 Å². The molecule has 0 heterocycles. The van der Waals surface area contributed by atoms with Crippen molar-refractivity contribution < 1.29 is 9.18 Å². The molecular weight excluding hydrogens is 231 g/mol. The Morgan fingerprint density at radius 2 is 2.11 bits per heavy atom. The first kappa shape index (κ1) is 12.9. The van der Waals surface area contributed by atoms with Crippen molar-refractivity contribution >= 4 is 11.6 Å². The number of halogens is 1. The highest BCUT2D eigenvalue weighted by Gasteiger charge is 2.15. The van der Waals surface area contributed by atoms with Crippen molar-refractivity contribution in [1.82, 2.24) is 5.32 Å². The van der Waals surface area contributed by atoms with Gasteiger partial charge < -0.3 is 11.1 Å². The van der Waals surface area contributed by atoms with Gasteiger partial charge in [0.25, 0.3) is 5.91 Å². The Morgan fingerprint density at radius 3 is 2.78 bits per heavy atom. The molecule has 1 aliphatic rings. The summed E-state index contributed by atoms with van der Waals surface area (Å²) in [6.45, 7) is 0.662. The highest BCUT2D eigenvalue weighted by atomic mass is 19.1. The molecule has 0 aromatic heterocycles. The van der Waals surface area contributed by atoms with Crippen molar-refractivity contribution in [2.75, 3.05) is 12.3 Å². The highest BCUT2D eigenvalue weighted by molar-refractivity contribution is 5.94. The fourth-order valence-electron chi connectivity index (χ4n) is 2.46. The summed E-state index contributed by atoms with van der Waals surface area (Å²) in [5, 5.41) is 2.83. The van der Waals surface area contributed by atoms with Crippen LogP contribution >= 0.6 is 0 Å². The molecule has 1 aromatic carbocycles. The van der Waals surface area contributed by atoms with Gasteiger partial charge in [-0.1, -0.05) is 25.7 Å². The first-order valence-electron chi connectivity index (χ1n) is 6.50. The van der Waals surface area contributed by atoms with Crippen molar-refractivity contribution in [3.8, 4) is 0 Å². The summed E-state index contributed by atoms with van der Waals surface area (Å²) in [4.78, 5) is 11.8. The Kier molecular flexibility index (Phi) is 4.18. The molecule has 2 rings (SSSR count). The van der Waals surface area contributed by atoms with Crippen LogP contribution in [0.5, 0.6) is 0 Å². The lowest BCUT2D eigenvalue weighted by molar-refractivity contribution is 0.0951. The maximum atomic E-state index is 13.2. The third kappa shape index (κ3) is 3.22. The number of nitrogen functional groups attached to an aromatic ring is 1. The quantitative estimate of drug-likeness (QED) is 0.807. The molecule has 98 valence electrons. The molecule has 18 heavy (non-hydrogen) atoms. The van der Waals surface area contributed by atoms with E-state index in [0.29, 0.717) is 12.1 Å². The van der Waals surface area contributed by atoms with Crippen LogP contribution in [0.1, 0.15) is 42.5 Å². The van der Waals surface area contributed by atoms with E-state index in [2.05, 4.69) is 5.32 Å². The third-order valence-electron chi connectivity index (χ3n) is 3.58. The van der Waals surface area contributed by atoms with E-state index in [-0.39, 0.29) is 11.6 Å². The Labute approximate surface area is 107 Å². The van der Waals surface area contributed by atoms with Gasteiger partial charge in [-0.05, 0) is 30.5 Å². The van der Waals surface area contributed by atoms with Gasteiger partial charge in [-0.2, -0.15) is 0 Å². The van der Waals surface area contributed by atoms with E-state index in [9.17, 15) is 9.18 Å². The molecule has 1 aliphatic carbocycles. The van der Waals surface area contributed by atoms with E-state index < -0.39 is 5.82 Å². The van der Waals surface area contributed by atoms with Crippen molar-refractivity contribution in [3.05, 3.63) is 29.6 Å². The number of nitrogens with one attached hydrogen (secondary N) is 1. The van der Waals surface area contributed by atoms with Crippen LogP contribution in [0, 0.1) is 11.7 Å². The smallest absolute Gasteiger partial charge is 0.251 e. The number of hydrogen-bond acceptors (Lipinski definition) is 2. The average molecular weight is 250 g/mol. The van der Waals surface area contributed by atoms with Crippen molar-refractivity contribution in [1.29, 1.82) is 0 Å². The maximum absolute atomic E-state index is 13.2. The van der Waals surface area contributed by atoms with Gasteiger partial charge in [0.1, 0.15) is 5.82 Å². The summed E-state index contributed by atoms with van der Waals surface area (Å²) in [6.07, 6.45) is 6.17. The molecule has 0 spiro atoms. The zero-order chi connectivity index (χ0) is 13.0. The van der Waals surface area contributed by atoms with Crippen LogP contribution in [-0.2, 0) is 0 Å². The van der Waals surface area contributed by atoms with E-state index in [1.807, 2.05) is 0 Å². The van der Waals surface area contributed by atoms with Gasteiger partial charge in [-0.25, -0.2) is 4.39 Å². The summed E-state index contributed by atoms with van der Waals surface area (Å²) >= 11 is 0. The van der Waals surface area contributed by atoms with E-state index in [1.54, 1.807) is 6.07 Å². The van der Waals surface area contributed by atoms with E-state index in [1.165, 1.54) is 37.8 Å². The highest BCUT2D eigenvalue weighted by Crippen LogP contribution is 2.26. The van der Waals surface area contributed by atoms with Crippen molar-refractivity contribution in [2.45, 2.75) is 32.1 Å². The van der Waals surface area contributed by atoms with Crippen LogP contribution in [0.4, 0.5) is 10.1 Å². The first-order valence-corrected chi connectivity index (χ1v) is 6.50. The molecule has 0 aliphatic heterocycles. The normalized spacial score (nSPS) is 15.8. The van der Waals surface area contributed by atoms with Gasteiger partial charge in [0.15, 0.2) is 0 Å². The zero-order valence-corrected chi connectivity index (χ0v) is 10.4. The predicted molar refractivity (Wildman–Crippen MR) is 69.7 cm³/mol. The minimum Gasteiger partial charge on any atom is -0.396 e. The maximum Gasteiger partial charge on any atom is 0.251 e. The number of anilines is 1. The molecule has 4 heteroatoms. The SMILES string of the molecule is Nc1ccc(C(=O)NCCC2CCCC2)cc1F. The number of benzene rings is 1. The largest absolute Gasteiger partial charge is 0.396 e. The lowest BCUT2D eigenvalue weighted by Gasteiger charge is -2.10. The molecular formula is C14H19FN2O. The van der Waals surface area contributed by atoms with Crippen LogP contribution in [0.25, 0.3) is 0 Å². The number of amides is 1. The monoisotopic (exact) mass is 250 g/mol. The topological polar surface area (TPSA) is 55.1 Å². The van der Waals surface area contributed by atoms with Crippen LogP contribution < -0.4 is 11.1 Å². The number of carbonyl (C=O) groups is 1. The Bertz CT molecular complexity index is 428. The fourth-order valence-corrected chi connectivity index (χ4v) is 2.46. The molecule has 0 saturated heterocycles. The Morgan fingerprint density at radius 1 is 1.39 bits per heavy atom. The number of rotatable bonds is 4. The molecule has 0 bridgehead atoms. The summed E-state index contributed by atoms with van der Waals surface area (Å²) in [7, 11) is 0. The second kappa shape index (κ2) is 5.85. The molecule has 0 radical (unpaired) electrons. The Balaban J connectivity index is 1.81. The molecule has 3 N–H and O–H groups in total. The lowest BCUT2D eigenvalue weighted by atomic mass is 10.0. The predicted octanol–water partition coefficient (Wildman–Crippen LogP) is 2.72. The van der Waals surface area contributed by atoms with E-state index in [4.69, 9.17) is 5.73 Å². The molecule has 1 amide bonds. The summed E-state index contributed by atoms with van der Waals surface area (Å²) in [5.74, 6) is -0.0289. The molecule has 0 unspecified atom stereocenters. The van der Waals surface area contributed by atoms with Gasteiger partial charge >= 0.3 is 0 Å². The Hall–Kier alpha value is -1.58. The minimum absolute atomic E-state index is 0.0671. The zero-order valence-electron chi connectivity index (χ0n) is 10.4. The van der Waals surface area contributed by atoms with Gasteiger partial charge in [-0.3, -0.25) is 4.79 Å². The fraction of sp³-hybridized carbons (Fsp3) is 0.500. The van der Waals surface area contributed by atoms with Crippen LogP contribution in [0.2, 0.25) is 0 Å². The van der Waals surface area contributed by atoms with Gasteiger partial charge in [-0.15, -0.1) is 0 Å². The molecule has 1 aromatic rings. The number of nitrogens with two attached hydrogens (primary N) is 1. The molecule has 1 saturated carbocycles. The molecule has 1 fully saturated rings. The second-order valence-electron chi connectivity index (χ2n) is 4.93. The summed E-state index contributed by atoms with van der Waals surface area (Å²) in [6, 6.07) is 4.14. The van der Waals surface area contributed by atoms with Crippen LogP contribution in [0.15, 0.2) is 18.2 Å². The summed E-state index contributed by atoms with van der Waals surface area (Å²) in [5.41, 5.74) is 5.76. The van der Waals surface area contributed by atoms with Gasteiger partial charge in [0.2, 0.25) is 0 Å². The minimum atomic E-state index is -0.543. The number of hydrogen-bond donors (Lipinski definition) is 2. The standard InChI is InChI=1S/C14H19FN2O/c15-12-9-11(5-6-13(12)16)14(18)17-8-7-10-3-1-2-4-10/h5-6,9-10H,1-4,7-8,16H2,(H,17,18). The average Bonchev–Trinajstić information content (AvgIpc) is 2.85. The van der Waals surface area contributed by atoms with E-state index in [0.717, 1.165) is 12.3 Å². The van der Waals surface area contributed by atoms with Crippen molar-refractivity contribution in [2.24, 2.45) is 5.92 Å². The first-order chi connectivity index (χ1) is 8.66. The third-order valence-corrected chi connectivity index (χ3v) is 3.58.